The average molecular weight is 521 g/mol. The van der Waals surface area contributed by atoms with E-state index in [1.807, 2.05) is 83.8 Å². The quantitative estimate of drug-likeness (QED) is 0.437. The molecule has 3 aliphatic rings. The van der Waals surface area contributed by atoms with Gasteiger partial charge < -0.3 is 15.0 Å². The number of fused-ring (bicyclic) bond motifs is 6. The van der Waals surface area contributed by atoms with Gasteiger partial charge in [0.15, 0.2) is 11.6 Å². The Bertz CT molecular complexity index is 1520. The van der Waals surface area contributed by atoms with Gasteiger partial charge in [-0.25, -0.2) is 0 Å². The number of hydrogen-bond donors (Lipinski definition) is 1. The monoisotopic (exact) mass is 520 g/mol. The molecular formula is C33H32N2O4. The summed E-state index contributed by atoms with van der Waals surface area (Å²) < 4.78 is 5.44. The van der Waals surface area contributed by atoms with Crippen LogP contribution in [0.15, 0.2) is 72.8 Å². The molecule has 1 saturated heterocycles. The third kappa shape index (κ3) is 3.65. The number of rotatable bonds is 6. The van der Waals surface area contributed by atoms with Gasteiger partial charge >= 0.3 is 0 Å². The van der Waals surface area contributed by atoms with E-state index in [1.54, 1.807) is 7.11 Å². The fraction of sp³-hybridized carbons (Fsp3) is 0.303. The Hall–Kier alpha value is -4.19. The molecule has 4 atom stereocenters. The largest absolute Gasteiger partial charge is 0.497 e. The zero-order chi connectivity index (χ0) is 27.5. The van der Waals surface area contributed by atoms with Crippen LogP contribution in [0, 0.1) is 11.8 Å². The van der Waals surface area contributed by atoms with Crippen molar-refractivity contribution in [1.29, 1.82) is 0 Å². The van der Waals surface area contributed by atoms with Crippen LogP contribution in [-0.2, 0) is 21.4 Å². The number of anilines is 2. The molecule has 3 aromatic carbocycles. The van der Waals surface area contributed by atoms with Crippen LogP contribution in [0.25, 0.3) is 6.08 Å². The topological polar surface area (TPSA) is 75.7 Å². The number of methoxy groups -OCH3 is 1. The van der Waals surface area contributed by atoms with Crippen LogP contribution < -0.4 is 15.0 Å². The highest BCUT2D eigenvalue weighted by Gasteiger charge is 2.69. The molecule has 0 saturated carbocycles. The van der Waals surface area contributed by atoms with Gasteiger partial charge in [-0.2, -0.15) is 0 Å². The van der Waals surface area contributed by atoms with E-state index in [2.05, 4.69) is 19.2 Å². The molecule has 0 unspecified atom stereocenters. The van der Waals surface area contributed by atoms with E-state index in [9.17, 15) is 14.4 Å². The second-order valence-corrected chi connectivity index (χ2v) is 11.2. The number of benzene rings is 3. The number of ether oxygens (including phenoxy) is 1. The second-order valence-electron chi connectivity index (χ2n) is 11.2. The summed E-state index contributed by atoms with van der Waals surface area (Å²) in [6.07, 6.45) is 4.85. The predicted octanol–water partition coefficient (Wildman–Crippen LogP) is 5.46. The van der Waals surface area contributed by atoms with Crippen LogP contribution in [0.5, 0.6) is 5.75 Å². The van der Waals surface area contributed by atoms with Crippen molar-refractivity contribution in [1.82, 2.24) is 0 Å². The van der Waals surface area contributed by atoms with Crippen molar-refractivity contribution < 1.29 is 19.1 Å². The van der Waals surface area contributed by atoms with Gasteiger partial charge in [0.1, 0.15) is 11.2 Å². The number of nitrogens with zero attached hydrogens (tertiary/aromatic N) is 1. The summed E-state index contributed by atoms with van der Waals surface area (Å²) in [5.41, 5.74) is 3.52. The number of amides is 1. The highest BCUT2D eigenvalue weighted by Crippen LogP contribution is 2.57. The molecule has 6 nitrogen and oxygen atoms in total. The van der Waals surface area contributed by atoms with E-state index in [0.29, 0.717) is 22.9 Å². The first-order valence-electron chi connectivity index (χ1n) is 13.5. The Kier molecular flexibility index (Phi) is 5.94. The van der Waals surface area contributed by atoms with Crippen molar-refractivity contribution in [2.75, 3.05) is 17.3 Å². The van der Waals surface area contributed by atoms with E-state index in [-0.39, 0.29) is 17.5 Å². The van der Waals surface area contributed by atoms with Crippen LogP contribution in [0.4, 0.5) is 11.4 Å². The van der Waals surface area contributed by atoms with Gasteiger partial charge in [0, 0.05) is 22.5 Å². The maximum absolute atomic E-state index is 14.6. The molecule has 1 amide bonds. The average Bonchev–Trinajstić information content (AvgIpc) is 3.41. The summed E-state index contributed by atoms with van der Waals surface area (Å²) >= 11 is 0. The fourth-order valence-electron chi connectivity index (χ4n) is 6.89. The molecule has 1 spiro atoms. The number of Topliss-reactive ketones (excluding diaryl/α,β-unsaturated/α-hetero) is 2. The van der Waals surface area contributed by atoms with Crippen molar-refractivity contribution in [2.45, 2.75) is 44.7 Å². The maximum Gasteiger partial charge on any atom is 0.238 e. The van der Waals surface area contributed by atoms with Crippen molar-refractivity contribution in [3.63, 3.8) is 0 Å². The molecule has 3 aliphatic heterocycles. The molecule has 39 heavy (non-hydrogen) atoms. The molecule has 6 heteroatoms. The third-order valence-electron chi connectivity index (χ3n) is 8.42. The molecule has 0 aliphatic carbocycles. The molecular weight excluding hydrogens is 488 g/mol. The number of nitrogens with one attached hydrogen (secondary N) is 1. The number of carbonyl (C=O) groups is 3. The SMILES string of the molecule is COc1ccc2c(c1)C=C[C@@H]1N2[C@H](C(C)=O)[C@@H](C(=O)c2ccc(CC(C)C)cc2)[C@@]12C(=O)Nc1ccccc12. The third-order valence-corrected chi connectivity index (χ3v) is 8.42. The van der Waals surface area contributed by atoms with Gasteiger partial charge in [0.2, 0.25) is 5.91 Å². The molecule has 6 rings (SSSR count). The fourth-order valence-corrected chi connectivity index (χ4v) is 6.89. The van der Waals surface area contributed by atoms with Gasteiger partial charge in [-0.3, -0.25) is 14.4 Å². The first kappa shape index (κ1) is 25.1. The van der Waals surface area contributed by atoms with E-state index in [1.165, 1.54) is 6.92 Å². The zero-order valence-corrected chi connectivity index (χ0v) is 22.6. The molecule has 1 N–H and O–H groups in total. The van der Waals surface area contributed by atoms with Crippen molar-refractivity contribution in [2.24, 2.45) is 11.8 Å². The van der Waals surface area contributed by atoms with Gasteiger partial charge in [-0.05, 0) is 54.7 Å². The predicted molar refractivity (Wildman–Crippen MR) is 152 cm³/mol. The van der Waals surface area contributed by atoms with E-state index in [0.717, 1.165) is 28.8 Å². The number of hydrogen-bond acceptors (Lipinski definition) is 5. The van der Waals surface area contributed by atoms with Crippen LogP contribution in [-0.4, -0.2) is 36.7 Å². The maximum atomic E-state index is 14.6. The minimum absolute atomic E-state index is 0.152. The molecule has 3 aromatic rings. The second kappa shape index (κ2) is 9.23. The number of carbonyl (C=O) groups excluding carboxylic acids is 3. The van der Waals surface area contributed by atoms with Crippen LogP contribution in [0.1, 0.15) is 47.8 Å². The Morgan fingerprint density at radius 2 is 1.79 bits per heavy atom. The standard InChI is InChI=1S/C33H32N2O4/c1-19(2)17-21-9-11-22(12-10-21)31(37)29-30(20(3)36)35-27-15-14-24(39-4)18-23(27)13-16-28(35)33(29)25-7-5-6-8-26(25)34-32(33)38/h5-16,18-19,28-30H,17H2,1-4H3,(H,34,38)/t28-,29-,30+,33-/m0/s1. The zero-order valence-electron chi connectivity index (χ0n) is 22.6. The molecule has 0 bridgehead atoms. The highest BCUT2D eigenvalue weighted by atomic mass is 16.5. The van der Waals surface area contributed by atoms with Gasteiger partial charge in [0.05, 0.1) is 25.1 Å². The minimum atomic E-state index is -1.27. The Balaban J connectivity index is 1.57. The summed E-state index contributed by atoms with van der Waals surface area (Å²) in [6.45, 7) is 5.84. The lowest BCUT2D eigenvalue weighted by molar-refractivity contribution is -0.122. The lowest BCUT2D eigenvalue weighted by Crippen LogP contribution is -2.51. The van der Waals surface area contributed by atoms with Crippen LogP contribution in [0.2, 0.25) is 0 Å². The minimum Gasteiger partial charge on any atom is -0.497 e. The molecule has 0 radical (unpaired) electrons. The Labute approximate surface area is 228 Å². The first-order valence-corrected chi connectivity index (χ1v) is 13.5. The van der Waals surface area contributed by atoms with Crippen molar-refractivity contribution in [3.8, 4) is 5.75 Å². The van der Waals surface area contributed by atoms with E-state index in [4.69, 9.17) is 4.74 Å². The summed E-state index contributed by atoms with van der Waals surface area (Å²) in [5, 5.41) is 3.05. The summed E-state index contributed by atoms with van der Waals surface area (Å²) in [7, 11) is 1.61. The van der Waals surface area contributed by atoms with E-state index < -0.39 is 23.4 Å². The van der Waals surface area contributed by atoms with E-state index >= 15 is 0 Å². The van der Waals surface area contributed by atoms with Crippen molar-refractivity contribution in [3.05, 3.63) is 95.1 Å². The lowest BCUT2D eigenvalue weighted by atomic mass is 9.64. The Morgan fingerprint density at radius 1 is 1.05 bits per heavy atom. The van der Waals surface area contributed by atoms with Crippen molar-refractivity contribution >= 4 is 34.9 Å². The number of para-hydroxylation sites is 1. The van der Waals surface area contributed by atoms with Crippen LogP contribution >= 0.6 is 0 Å². The lowest BCUT2D eigenvalue weighted by Gasteiger charge is -2.37. The summed E-state index contributed by atoms with van der Waals surface area (Å²) in [6, 6.07) is 19.5. The van der Waals surface area contributed by atoms with Crippen LogP contribution in [0.3, 0.4) is 0 Å². The number of ketones is 2. The summed E-state index contributed by atoms with van der Waals surface area (Å²) in [5.74, 6) is -0.330. The molecule has 3 heterocycles. The van der Waals surface area contributed by atoms with Gasteiger partial charge in [0.25, 0.3) is 0 Å². The molecule has 198 valence electrons. The first-order chi connectivity index (χ1) is 18.8. The Morgan fingerprint density at radius 3 is 2.49 bits per heavy atom. The summed E-state index contributed by atoms with van der Waals surface area (Å²) in [4.78, 5) is 44.3. The normalized spacial score (nSPS) is 24.4. The van der Waals surface area contributed by atoms with Gasteiger partial charge in [-0.15, -0.1) is 0 Å². The smallest absolute Gasteiger partial charge is 0.238 e. The molecule has 0 aromatic heterocycles. The highest BCUT2D eigenvalue weighted by molar-refractivity contribution is 6.16. The molecule has 1 fully saturated rings. The van der Waals surface area contributed by atoms with Gasteiger partial charge in [-0.1, -0.05) is 68.5 Å².